The summed E-state index contributed by atoms with van der Waals surface area (Å²) in [5.74, 6) is 0.469. The maximum absolute atomic E-state index is 12.4. The quantitative estimate of drug-likeness (QED) is 0.479. The maximum Gasteiger partial charge on any atom is 0.417 e. The van der Waals surface area contributed by atoms with Crippen LogP contribution in [-0.2, 0) is 11.9 Å². The van der Waals surface area contributed by atoms with Crippen molar-refractivity contribution >= 4 is 17.4 Å². The number of benzene rings is 1. The van der Waals surface area contributed by atoms with E-state index in [1.54, 1.807) is 12.1 Å². The second-order valence-corrected chi connectivity index (χ2v) is 5.09. The summed E-state index contributed by atoms with van der Waals surface area (Å²) in [5, 5.41) is 11.0. The van der Waals surface area contributed by atoms with Crippen LogP contribution in [0, 0.1) is 10.1 Å². The summed E-state index contributed by atoms with van der Waals surface area (Å²) < 4.78 is 37.1. The second-order valence-electron chi connectivity index (χ2n) is 4.10. The lowest BCUT2D eigenvalue weighted by atomic mass is 10.2. The van der Waals surface area contributed by atoms with E-state index in [1.807, 2.05) is 0 Å². The fourth-order valence-electron chi connectivity index (χ4n) is 1.50. The first kappa shape index (κ1) is 15.3. The van der Waals surface area contributed by atoms with Gasteiger partial charge < -0.3 is 0 Å². The molecular weight excluding hydrogens is 305 g/mol. The molecule has 8 heteroatoms. The van der Waals surface area contributed by atoms with Crippen molar-refractivity contribution in [2.24, 2.45) is 0 Å². The van der Waals surface area contributed by atoms with Crippen LogP contribution in [0.15, 0.2) is 47.6 Å². The number of rotatable bonds is 4. The molecule has 110 valence electrons. The van der Waals surface area contributed by atoms with Gasteiger partial charge in [-0.15, -0.1) is 11.8 Å². The van der Waals surface area contributed by atoms with Gasteiger partial charge >= 0.3 is 6.18 Å². The molecule has 0 fully saturated rings. The van der Waals surface area contributed by atoms with Gasteiger partial charge in [-0.25, -0.2) is 4.98 Å². The van der Waals surface area contributed by atoms with Crippen LogP contribution in [-0.4, -0.2) is 9.91 Å². The average Bonchev–Trinajstić information content (AvgIpc) is 2.45. The minimum Gasteiger partial charge on any atom is -0.258 e. The van der Waals surface area contributed by atoms with Crippen molar-refractivity contribution in [2.75, 3.05) is 0 Å². The van der Waals surface area contributed by atoms with Gasteiger partial charge in [0.05, 0.1) is 15.5 Å². The standard InChI is InChI=1S/C13H9F3N2O2S/c14-13(15,16)10-3-6-12(17-7-10)21-8-9-1-4-11(5-2-9)18(19)20/h1-7H,8H2. The number of hydrogen-bond acceptors (Lipinski definition) is 4. The van der Waals surface area contributed by atoms with E-state index in [2.05, 4.69) is 4.98 Å². The topological polar surface area (TPSA) is 56.0 Å². The molecule has 0 bridgehead atoms. The molecule has 21 heavy (non-hydrogen) atoms. The second kappa shape index (κ2) is 6.13. The van der Waals surface area contributed by atoms with E-state index in [0.717, 1.165) is 17.8 Å². The summed E-state index contributed by atoms with van der Waals surface area (Å²) in [5.41, 5.74) is 0.0332. The average molecular weight is 314 g/mol. The lowest BCUT2D eigenvalue weighted by Crippen LogP contribution is -2.05. The van der Waals surface area contributed by atoms with Crippen molar-refractivity contribution < 1.29 is 18.1 Å². The molecule has 0 unspecified atom stereocenters. The van der Waals surface area contributed by atoms with E-state index in [-0.39, 0.29) is 5.69 Å². The summed E-state index contributed by atoms with van der Waals surface area (Å²) in [6.07, 6.45) is -3.60. The minimum absolute atomic E-state index is 0.00333. The molecule has 0 aliphatic carbocycles. The Hall–Kier alpha value is -2.09. The molecule has 0 spiro atoms. The third-order valence-corrected chi connectivity index (χ3v) is 3.61. The van der Waals surface area contributed by atoms with Gasteiger partial charge in [0.25, 0.3) is 5.69 Å². The summed E-state index contributed by atoms with van der Waals surface area (Å²) in [6, 6.07) is 8.26. The summed E-state index contributed by atoms with van der Waals surface area (Å²) in [6.45, 7) is 0. The number of nitro groups is 1. The number of halogens is 3. The van der Waals surface area contributed by atoms with Gasteiger partial charge in [-0.1, -0.05) is 12.1 Å². The van der Waals surface area contributed by atoms with Crippen LogP contribution < -0.4 is 0 Å². The molecule has 2 aromatic rings. The molecule has 0 N–H and O–H groups in total. The van der Waals surface area contributed by atoms with E-state index < -0.39 is 16.7 Å². The van der Waals surface area contributed by atoms with Gasteiger partial charge in [-0.05, 0) is 17.7 Å². The van der Waals surface area contributed by atoms with Gasteiger partial charge in [0.2, 0.25) is 0 Å². The number of nitrogens with zero attached hydrogens (tertiary/aromatic N) is 2. The molecule has 1 aromatic carbocycles. The molecule has 1 heterocycles. The first-order chi connectivity index (χ1) is 9.86. The van der Waals surface area contributed by atoms with Gasteiger partial charge in [-0.3, -0.25) is 10.1 Å². The molecule has 4 nitrogen and oxygen atoms in total. The summed E-state index contributed by atoms with van der Waals surface area (Å²) >= 11 is 1.26. The number of thioether (sulfide) groups is 1. The Morgan fingerprint density at radius 1 is 1.14 bits per heavy atom. The zero-order valence-corrected chi connectivity index (χ0v) is 11.3. The number of nitro benzene ring substituents is 1. The zero-order valence-electron chi connectivity index (χ0n) is 10.5. The molecule has 1 aromatic heterocycles. The first-order valence-electron chi connectivity index (χ1n) is 5.75. The molecule has 0 radical (unpaired) electrons. The predicted molar refractivity (Wildman–Crippen MR) is 71.9 cm³/mol. The maximum atomic E-state index is 12.4. The van der Waals surface area contributed by atoms with Crippen LogP contribution >= 0.6 is 11.8 Å². The summed E-state index contributed by atoms with van der Waals surface area (Å²) in [4.78, 5) is 13.8. The molecule has 2 rings (SSSR count). The Bertz CT molecular complexity index is 627. The Kier molecular flexibility index (Phi) is 4.46. The lowest BCUT2D eigenvalue weighted by Gasteiger charge is -2.06. The van der Waals surface area contributed by atoms with E-state index in [4.69, 9.17) is 0 Å². The number of hydrogen-bond donors (Lipinski definition) is 0. The molecule has 0 aliphatic rings. The number of pyridine rings is 1. The van der Waals surface area contributed by atoms with Crippen LogP contribution in [0.2, 0.25) is 0 Å². The highest BCUT2D eigenvalue weighted by molar-refractivity contribution is 7.98. The van der Waals surface area contributed by atoms with Crippen molar-refractivity contribution in [2.45, 2.75) is 17.0 Å². The van der Waals surface area contributed by atoms with Gasteiger partial charge in [0, 0.05) is 24.1 Å². The predicted octanol–water partition coefficient (Wildman–Crippen LogP) is 4.30. The number of aromatic nitrogens is 1. The molecule has 0 saturated heterocycles. The normalized spacial score (nSPS) is 11.4. The van der Waals surface area contributed by atoms with Crippen LogP contribution in [0.5, 0.6) is 0 Å². The summed E-state index contributed by atoms with van der Waals surface area (Å²) in [7, 11) is 0. The van der Waals surface area contributed by atoms with Crippen LogP contribution in [0.4, 0.5) is 18.9 Å². The molecule has 0 saturated carbocycles. The highest BCUT2D eigenvalue weighted by atomic mass is 32.2. The fourth-order valence-corrected chi connectivity index (χ4v) is 2.30. The van der Waals surface area contributed by atoms with Crippen LogP contribution in [0.25, 0.3) is 0 Å². The fraction of sp³-hybridized carbons (Fsp3) is 0.154. The van der Waals surface area contributed by atoms with Gasteiger partial charge in [0.1, 0.15) is 0 Å². The van der Waals surface area contributed by atoms with Crippen molar-refractivity contribution in [1.82, 2.24) is 4.98 Å². The van der Waals surface area contributed by atoms with E-state index in [0.29, 0.717) is 10.8 Å². The van der Waals surface area contributed by atoms with Crippen LogP contribution in [0.3, 0.4) is 0 Å². The Labute approximate surface area is 122 Å². The third kappa shape index (κ3) is 4.19. The smallest absolute Gasteiger partial charge is 0.258 e. The Morgan fingerprint density at radius 2 is 1.81 bits per heavy atom. The highest BCUT2D eigenvalue weighted by Crippen LogP contribution is 2.30. The monoisotopic (exact) mass is 314 g/mol. The van der Waals surface area contributed by atoms with E-state index in [9.17, 15) is 23.3 Å². The molecule has 0 amide bonds. The van der Waals surface area contributed by atoms with Gasteiger partial charge in [0.15, 0.2) is 0 Å². The molecule has 0 aliphatic heterocycles. The number of alkyl halides is 3. The van der Waals surface area contributed by atoms with Crippen molar-refractivity contribution in [3.63, 3.8) is 0 Å². The van der Waals surface area contributed by atoms with Crippen molar-refractivity contribution in [3.8, 4) is 0 Å². The van der Waals surface area contributed by atoms with E-state index in [1.165, 1.54) is 30.0 Å². The highest BCUT2D eigenvalue weighted by Gasteiger charge is 2.30. The van der Waals surface area contributed by atoms with E-state index >= 15 is 0 Å². The van der Waals surface area contributed by atoms with Crippen LogP contribution in [0.1, 0.15) is 11.1 Å². The Balaban J connectivity index is 1.98. The number of non-ortho nitro benzene ring substituents is 1. The lowest BCUT2D eigenvalue weighted by molar-refractivity contribution is -0.384. The SMILES string of the molecule is O=[N+]([O-])c1ccc(CSc2ccc(C(F)(F)F)cn2)cc1. The minimum atomic E-state index is -4.39. The third-order valence-electron chi connectivity index (χ3n) is 2.60. The van der Waals surface area contributed by atoms with Gasteiger partial charge in [-0.2, -0.15) is 13.2 Å². The molecule has 0 atom stereocenters. The molecular formula is C13H9F3N2O2S. The zero-order chi connectivity index (χ0) is 15.5. The van der Waals surface area contributed by atoms with Crippen molar-refractivity contribution in [3.05, 3.63) is 63.8 Å². The van der Waals surface area contributed by atoms with Crippen molar-refractivity contribution in [1.29, 1.82) is 0 Å². The largest absolute Gasteiger partial charge is 0.417 e. The Morgan fingerprint density at radius 3 is 2.29 bits per heavy atom. The first-order valence-corrected chi connectivity index (χ1v) is 6.74.